The summed E-state index contributed by atoms with van der Waals surface area (Å²) in [6.45, 7) is 6.86. The number of rotatable bonds is 1. The maximum Gasteiger partial charge on any atom is 0.224 e. The molecule has 0 aromatic carbocycles. The summed E-state index contributed by atoms with van der Waals surface area (Å²) < 4.78 is 5.46. The van der Waals surface area contributed by atoms with E-state index in [0.29, 0.717) is 26.3 Å². The molecule has 1 aromatic rings. The van der Waals surface area contributed by atoms with E-state index in [2.05, 4.69) is 21.8 Å². The van der Waals surface area contributed by atoms with E-state index < -0.39 is 0 Å². The van der Waals surface area contributed by atoms with Crippen LogP contribution >= 0.6 is 11.6 Å². The minimum atomic E-state index is 0.0418. The molecule has 0 spiro atoms. The van der Waals surface area contributed by atoms with Gasteiger partial charge in [0.25, 0.3) is 0 Å². The lowest BCUT2D eigenvalue weighted by molar-refractivity contribution is -0.129. The lowest BCUT2D eigenvalue weighted by Gasteiger charge is -2.35. The minimum Gasteiger partial charge on any atom is -0.377 e. The SMILES string of the molecule is CC(=O)N1Cc2nc(Cl)nc(N3CCOCC3C)c2C1. The fourth-order valence-corrected chi connectivity index (χ4v) is 2.89. The summed E-state index contributed by atoms with van der Waals surface area (Å²) in [4.78, 5) is 24.2. The fraction of sp³-hybridized carbons (Fsp3) is 0.615. The van der Waals surface area contributed by atoms with Crippen molar-refractivity contribution < 1.29 is 9.53 Å². The molecule has 1 aromatic heterocycles. The number of halogens is 1. The predicted octanol–water partition coefficient (Wildman–Crippen LogP) is 1.22. The molecule has 0 bridgehead atoms. The summed E-state index contributed by atoms with van der Waals surface area (Å²) in [5, 5.41) is 0.239. The number of amides is 1. The Morgan fingerprint density at radius 1 is 1.40 bits per heavy atom. The molecule has 0 N–H and O–H groups in total. The van der Waals surface area contributed by atoms with Gasteiger partial charge in [-0.15, -0.1) is 0 Å². The highest BCUT2D eigenvalue weighted by Crippen LogP contribution is 2.31. The molecule has 3 heterocycles. The average molecular weight is 297 g/mol. The molecule has 1 amide bonds. The monoisotopic (exact) mass is 296 g/mol. The van der Waals surface area contributed by atoms with Crippen molar-refractivity contribution >= 4 is 23.3 Å². The molecular weight excluding hydrogens is 280 g/mol. The summed E-state index contributed by atoms with van der Waals surface area (Å²) in [5.41, 5.74) is 1.87. The molecule has 7 heteroatoms. The van der Waals surface area contributed by atoms with Crippen molar-refractivity contribution in [2.75, 3.05) is 24.7 Å². The molecule has 2 aliphatic rings. The highest BCUT2D eigenvalue weighted by atomic mass is 35.5. The van der Waals surface area contributed by atoms with E-state index >= 15 is 0 Å². The zero-order valence-electron chi connectivity index (χ0n) is 11.6. The number of fused-ring (bicyclic) bond motifs is 1. The first-order valence-electron chi connectivity index (χ1n) is 6.71. The molecule has 1 atom stereocenters. The van der Waals surface area contributed by atoms with E-state index in [9.17, 15) is 4.79 Å². The molecule has 0 aliphatic carbocycles. The normalized spacial score (nSPS) is 22.1. The molecule has 0 saturated carbocycles. The maximum atomic E-state index is 11.6. The summed E-state index contributed by atoms with van der Waals surface area (Å²) in [5.74, 6) is 0.889. The number of hydrogen-bond acceptors (Lipinski definition) is 5. The fourth-order valence-electron chi connectivity index (χ4n) is 2.71. The average Bonchev–Trinajstić information content (AvgIpc) is 2.82. The Hall–Kier alpha value is -1.40. The van der Waals surface area contributed by atoms with Crippen LogP contribution in [0, 0.1) is 0 Å². The number of nitrogens with zero attached hydrogens (tertiary/aromatic N) is 4. The van der Waals surface area contributed by atoms with E-state index in [1.54, 1.807) is 11.8 Å². The molecule has 1 fully saturated rings. The maximum absolute atomic E-state index is 11.6. The van der Waals surface area contributed by atoms with Gasteiger partial charge in [-0.1, -0.05) is 0 Å². The van der Waals surface area contributed by atoms with Gasteiger partial charge in [0.15, 0.2) is 0 Å². The summed E-state index contributed by atoms with van der Waals surface area (Å²) in [6.07, 6.45) is 0. The van der Waals surface area contributed by atoms with Crippen LogP contribution in [-0.2, 0) is 22.6 Å². The van der Waals surface area contributed by atoms with Crippen LogP contribution in [0.1, 0.15) is 25.1 Å². The van der Waals surface area contributed by atoms with Crippen molar-refractivity contribution in [2.45, 2.75) is 33.0 Å². The molecule has 2 aliphatic heterocycles. The van der Waals surface area contributed by atoms with Crippen LogP contribution in [0.3, 0.4) is 0 Å². The minimum absolute atomic E-state index is 0.0418. The van der Waals surface area contributed by atoms with Crippen LogP contribution in [0.4, 0.5) is 5.82 Å². The highest BCUT2D eigenvalue weighted by molar-refractivity contribution is 6.28. The van der Waals surface area contributed by atoms with Crippen LogP contribution in [-0.4, -0.2) is 46.6 Å². The smallest absolute Gasteiger partial charge is 0.224 e. The van der Waals surface area contributed by atoms with Gasteiger partial charge in [0.2, 0.25) is 11.2 Å². The molecular formula is C13H17ClN4O2. The van der Waals surface area contributed by atoms with E-state index in [1.165, 1.54) is 0 Å². The number of aromatic nitrogens is 2. The molecule has 0 radical (unpaired) electrons. The van der Waals surface area contributed by atoms with Crippen molar-refractivity contribution in [3.05, 3.63) is 16.5 Å². The van der Waals surface area contributed by atoms with E-state index in [0.717, 1.165) is 23.6 Å². The Morgan fingerprint density at radius 2 is 2.20 bits per heavy atom. The molecule has 3 rings (SSSR count). The Labute approximate surface area is 122 Å². The van der Waals surface area contributed by atoms with Crippen molar-refractivity contribution in [1.82, 2.24) is 14.9 Å². The van der Waals surface area contributed by atoms with E-state index in [4.69, 9.17) is 16.3 Å². The van der Waals surface area contributed by atoms with Crippen LogP contribution in [0.2, 0.25) is 5.28 Å². The zero-order valence-corrected chi connectivity index (χ0v) is 12.4. The molecule has 1 saturated heterocycles. The molecule has 108 valence electrons. The van der Waals surface area contributed by atoms with E-state index in [-0.39, 0.29) is 17.2 Å². The Kier molecular flexibility index (Phi) is 3.52. The van der Waals surface area contributed by atoms with Crippen LogP contribution in [0.5, 0.6) is 0 Å². The van der Waals surface area contributed by atoms with Crippen molar-refractivity contribution in [1.29, 1.82) is 0 Å². The lowest BCUT2D eigenvalue weighted by atomic mass is 10.2. The summed E-state index contributed by atoms with van der Waals surface area (Å²) in [6, 6.07) is 0.241. The van der Waals surface area contributed by atoms with Gasteiger partial charge in [-0.2, -0.15) is 0 Å². The number of carbonyl (C=O) groups is 1. The first-order chi connectivity index (χ1) is 9.56. The van der Waals surface area contributed by atoms with Gasteiger partial charge in [0.05, 0.1) is 38.0 Å². The van der Waals surface area contributed by atoms with Crippen LogP contribution in [0.25, 0.3) is 0 Å². The van der Waals surface area contributed by atoms with Crippen molar-refractivity contribution in [2.24, 2.45) is 0 Å². The number of hydrogen-bond donors (Lipinski definition) is 0. The van der Waals surface area contributed by atoms with Gasteiger partial charge >= 0.3 is 0 Å². The second-order valence-electron chi connectivity index (χ2n) is 5.23. The predicted molar refractivity (Wildman–Crippen MR) is 74.6 cm³/mol. The Balaban J connectivity index is 1.98. The Bertz CT molecular complexity index is 551. The van der Waals surface area contributed by atoms with Gasteiger partial charge in [-0.25, -0.2) is 9.97 Å². The number of ether oxygens (including phenoxy) is 1. The number of morpholine rings is 1. The topological polar surface area (TPSA) is 58.6 Å². The van der Waals surface area contributed by atoms with Gasteiger partial charge in [0.1, 0.15) is 5.82 Å². The summed E-state index contributed by atoms with van der Waals surface area (Å²) >= 11 is 6.04. The Morgan fingerprint density at radius 3 is 2.90 bits per heavy atom. The second kappa shape index (κ2) is 5.18. The zero-order chi connectivity index (χ0) is 14.3. The first kappa shape index (κ1) is 13.6. The number of carbonyl (C=O) groups excluding carboxylic acids is 1. The van der Waals surface area contributed by atoms with Crippen LogP contribution < -0.4 is 4.90 Å². The third kappa shape index (κ3) is 2.33. The van der Waals surface area contributed by atoms with Crippen molar-refractivity contribution in [3.8, 4) is 0 Å². The van der Waals surface area contributed by atoms with Gasteiger partial charge in [0, 0.05) is 19.0 Å². The highest BCUT2D eigenvalue weighted by Gasteiger charge is 2.31. The van der Waals surface area contributed by atoms with Crippen molar-refractivity contribution in [3.63, 3.8) is 0 Å². The third-order valence-corrected chi connectivity index (χ3v) is 3.99. The standard InChI is InChI=1S/C13H17ClN4O2/c1-8-7-20-4-3-18(8)12-10-5-17(9(2)19)6-11(10)15-13(14)16-12/h8H,3-7H2,1-2H3. The quantitative estimate of drug-likeness (QED) is 0.729. The van der Waals surface area contributed by atoms with E-state index in [1.807, 2.05) is 0 Å². The molecule has 6 nitrogen and oxygen atoms in total. The molecule has 1 unspecified atom stereocenters. The lowest BCUT2D eigenvalue weighted by Crippen LogP contribution is -2.44. The van der Waals surface area contributed by atoms with Gasteiger partial charge in [-0.05, 0) is 18.5 Å². The van der Waals surface area contributed by atoms with Gasteiger partial charge in [-0.3, -0.25) is 4.79 Å². The summed E-state index contributed by atoms with van der Waals surface area (Å²) in [7, 11) is 0. The third-order valence-electron chi connectivity index (χ3n) is 3.82. The molecule has 20 heavy (non-hydrogen) atoms. The largest absolute Gasteiger partial charge is 0.377 e. The second-order valence-corrected chi connectivity index (χ2v) is 5.57. The first-order valence-corrected chi connectivity index (χ1v) is 7.09. The van der Waals surface area contributed by atoms with Gasteiger partial charge < -0.3 is 14.5 Å². The number of anilines is 1. The van der Waals surface area contributed by atoms with Crippen LogP contribution in [0.15, 0.2) is 0 Å².